The largest absolute Gasteiger partial charge is 0.349 e. The molecule has 0 radical (unpaired) electrons. The number of nitrogens with zero attached hydrogens (tertiary/aromatic N) is 2. The number of carbonyl (C=O) groups excluding carboxylic acids is 1. The summed E-state index contributed by atoms with van der Waals surface area (Å²) in [6, 6.07) is 0. The number of amides is 1. The van der Waals surface area contributed by atoms with E-state index in [4.69, 9.17) is 5.84 Å². The molecule has 0 saturated heterocycles. The summed E-state index contributed by atoms with van der Waals surface area (Å²) >= 11 is 1.78. The Morgan fingerprint density at radius 3 is 2.47 bits per heavy atom. The number of nitrogen functional groups attached to an aromatic ring is 1. The predicted octanol–water partition coefficient (Wildman–Crippen LogP) is 1.41. The van der Waals surface area contributed by atoms with E-state index < -0.39 is 0 Å². The van der Waals surface area contributed by atoms with Crippen LogP contribution in [-0.2, 0) is 0 Å². The van der Waals surface area contributed by atoms with Crippen molar-refractivity contribution in [3.8, 4) is 0 Å². The van der Waals surface area contributed by atoms with Crippen LogP contribution in [0.15, 0.2) is 12.4 Å². The van der Waals surface area contributed by atoms with Gasteiger partial charge in [-0.15, -0.1) is 0 Å². The van der Waals surface area contributed by atoms with E-state index in [9.17, 15) is 4.79 Å². The number of thioether (sulfide) groups is 1. The molecule has 7 heteroatoms. The van der Waals surface area contributed by atoms with Crippen LogP contribution in [0, 0.1) is 0 Å². The molecular weight excluding hydrogens is 262 g/mol. The Balaban J connectivity index is 2.63. The highest BCUT2D eigenvalue weighted by atomic mass is 32.2. The Morgan fingerprint density at radius 2 is 2.05 bits per heavy atom. The molecular formula is C12H21N5OS. The van der Waals surface area contributed by atoms with Crippen LogP contribution in [0.25, 0.3) is 0 Å². The second-order valence-corrected chi connectivity index (χ2v) is 5.48. The molecule has 0 saturated carbocycles. The second-order valence-electron chi connectivity index (χ2n) is 4.21. The summed E-state index contributed by atoms with van der Waals surface area (Å²) in [5, 5.41) is 2.92. The Labute approximate surface area is 117 Å². The highest BCUT2D eigenvalue weighted by molar-refractivity contribution is 8.00. The van der Waals surface area contributed by atoms with Crippen molar-refractivity contribution < 1.29 is 4.79 Å². The minimum Gasteiger partial charge on any atom is -0.349 e. The number of carbonyl (C=O) groups is 1. The van der Waals surface area contributed by atoms with Crippen molar-refractivity contribution in [3.05, 3.63) is 18.1 Å². The molecule has 1 aromatic heterocycles. The van der Waals surface area contributed by atoms with Gasteiger partial charge in [0.25, 0.3) is 5.91 Å². The van der Waals surface area contributed by atoms with Crippen LogP contribution in [-0.4, -0.2) is 33.4 Å². The van der Waals surface area contributed by atoms with Gasteiger partial charge in [0, 0.05) is 11.3 Å². The monoisotopic (exact) mass is 283 g/mol. The number of hydrogen-bond donors (Lipinski definition) is 3. The van der Waals surface area contributed by atoms with E-state index in [1.165, 1.54) is 12.4 Å². The number of nitrogens with one attached hydrogen (secondary N) is 2. The van der Waals surface area contributed by atoms with Gasteiger partial charge in [0.15, 0.2) is 5.82 Å². The summed E-state index contributed by atoms with van der Waals surface area (Å²) < 4.78 is 0.0852. The summed E-state index contributed by atoms with van der Waals surface area (Å²) in [6.07, 6.45) is 6.92. The Kier molecular flexibility index (Phi) is 6.04. The fourth-order valence-corrected chi connectivity index (χ4v) is 2.51. The van der Waals surface area contributed by atoms with E-state index in [1.807, 2.05) is 0 Å². The van der Waals surface area contributed by atoms with Crippen molar-refractivity contribution >= 4 is 23.5 Å². The first-order chi connectivity index (χ1) is 9.10. The zero-order chi connectivity index (χ0) is 14.3. The van der Waals surface area contributed by atoms with Gasteiger partial charge in [0.1, 0.15) is 5.69 Å². The number of anilines is 1. The minimum atomic E-state index is -0.212. The molecule has 0 aliphatic heterocycles. The Bertz CT molecular complexity index is 397. The second kappa shape index (κ2) is 7.30. The predicted molar refractivity (Wildman–Crippen MR) is 79.0 cm³/mol. The maximum Gasteiger partial charge on any atom is 0.271 e. The molecule has 0 spiro atoms. The molecule has 0 aliphatic carbocycles. The lowest BCUT2D eigenvalue weighted by Gasteiger charge is -2.29. The van der Waals surface area contributed by atoms with Gasteiger partial charge >= 0.3 is 0 Å². The molecule has 0 atom stereocenters. The van der Waals surface area contributed by atoms with E-state index >= 15 is 0 Å². The highest BCUT2D eigenvalue weighted by Gasteiger charge is 2.25. The van der Waals surface area contributed by atoms with Crippen molar-refractivity contribution in [2.75, 3.05) is 18.2 Å². The lowest BCUT2D eigenvalue weighted by atomic mass is 10.0. The molecule has 6 nitrogen and oxygen atoms in total. The third-order valence-electron chi connectivity index (χ3n) is 3.33. The Morgan fingerprint density at radius 1 is 1.37 bits per heavy atom. The van der Waals surface area contributed by atoms with Crippen molar-refractivity contribution in [2.45, 2.75) is 31.4 Å². The first-order valence-electron chi connectivity index (χ1n) is 6.22. The van der Waals surface area contributed by atoms with E-state index in [1.54, 1.807) is 11.8 Å². The maximum atomic E-state index is 12.0. The van der Waals surface area contributed by atoms with Crippen LogP contribution in [0.5, 0.6) is 0 Å². The summed E-state index contributed by atoms with van der Waals surface area (Å²) in [7, 11) is 0. The summed E-state index contributed by atoms with van der Waals surface area (Å²) in [5.74, 6) is 5.41. The van der Waals surface area contributed by atoms with E-state index in [-0.39, 0.29) is 10.7 Å². The van der Waals surface area contributed by atoms with E-state index in [0.717, 1.165) is 12.8 Å². The third-order valence-corrected chi connectivity index (χ3v) is 4.91. The Hall–Kier alpha value is -1.34. The average molecular weight is 283 g/mol. The van der Waals surface area contributed by atoms with Crippen molar-refractivity contribution in [2.24, 2.45) is 5.84 Å². The van der Waals surface area contributed by atoms with Gasteiger partial charge in [0.05, 0.1) is 12.4 Å². The van der Waals surface area contributed by atoms with Gasteiger partial charge < -0.3 is 10.7 Å². The highest BCUT2D eigenvalue weighted by Crippen LogP contribution is 2.29. The molecule has 106 valence electrons. The normalized spacial score (nSPS) is 11.2. The SMILES string of the molecule is CCC(CC)(CNC(=O)c1cnc(NN)cn1)SC. The lowest BCUT2D eigenvalue weighted by Crippen LogP contribution is -2.39. The first-order valence-corrected chi connectivity index (χ1v) is 7.45. The average Bonchev–Trinajstić information content (AvgIpc) is 2.49. The van der Waals surface area contributed by atoms with Gasteiger partial charge in [-0.2, -0.15) is 11.8 Å². The smallest absolute Gasteiger partial charge is 0.271 e. The lowest BCUT2D eigenvalue weighted by molar-refractivity contribution is 0.0943. The van der Waals surface area contributed by atoms with Crippen molar-refractivity contribution in [1.82, 2.24) is 15.3 Å². The summed E-state index contributed by atoms with van der Waals surface area (Å²) in [6.45, 7) is 4.89. The number of hydrazine groups is 1. The van der Waals surface area contributed by atoms with Gasteiger partial charge in [0.2, 0.25) is 0 Å². The van der Waals surface area contributed by atoms with Gasteiger partial charge in [-0.25, -0.2) is 15.8 Å². The fourth-order valence-electron chi connectivity index (χ4n) is 1.71. The van der Waals surface area contributed by atoms with Crippen LogP contribution < -0.4 is 16.6 Å². The number of hydrogen-bond acceptors (Lipinski definition) is 6. The molecule has 0 fully saturated rings. The zero-order valence-electron chi connectivity index (χ0n) is 11.6. The molecule has 1 amide bonds. The molecule has 0 aromatic carbocycles. The van der Waals surface area contributed by atoms with Crippen LogP contribution in [0.2, 0.25) is 0 Å². The number of rotatable bonds is 7. The molecule has 4 N–H and O–H groups in total. The molecule has 0 bridgehead atoms. The molecule has 1 aromatic rings. The van der Waals surface area contributed by atoms with Gasteiger partial charge in [-0.1, -0.05) is 13.8 Å². The van der Waals surface area contributed by atoms with Gasteiger partial charge in [-0.05, 0) is 19.1 Å². The number of aromatic nitrogens is 2. The molecule has 1 heterocycles. The van der Waals surface area contributed by atoms with Crippen LogP contribution >= 0.6 is 11.8 Å². The molecule has 19 heavy (non-hydrogen) atoms. The molecule has 1 rings (SSSR count). The maximum absolute atomic E-state index is 12.0. The van der Waals surface area contributed by atoms with Crippen molar-refractivity contribution in [3.63, 3.8) is 0 Å². The van der Waals surface area contributed by atoms with Crippen LogP contribution in [0.1, 0.15) is 37.2 Å². The topological polar surface area (TPSA) is 92.9 Å². The van der Waals surface area contributed by atoms with Crippen molar-refractivity contribution in [1.29, 1.82) is 0 Å². The standard InChI is InChI=1S/C12H21N5OS/c1-4-12(5-2,19-3)8-16-11(18)9-6-15-10(17-13)7-14-9/h6-7H,4-5,8,13H2,1-3H3,(H,15,17)(H,16,18). The van der Waals surface area contributed by atoms with Crippen LogP contribution in [0.4, 0.5) is 5.82 Å². The first kappa shape index (κ1) is 15.7. The summed E-state index contributed by atoms with van der Waals surface area (Å²) in [5.41, 5.74) is 2.66. The molecule has 0 aliphatic rings. The van der Waals surface area contributed by atoms with E-state index in [2.05, 4.69) is 40.8 Å². The quantitative estimate of drug-likeness (QED) is 0.517. The minimum absolute atomic E-state index is 0.0852. The summed E-state index contributed by atoms with van der Waals surface area (Å²) in [4.78, 5) is 19.9. The zero-order valence-corrected chi connectivity index (χ0v) is 12.4. The third kappa shape index (κ3) is 4.07. The molecule has 0 unspecified atom stereocenters. The van der Waals surface area contributed by atoms with Crippen LogP contribution in [0.3, 0.4) is 0 Å². The van der Waals surface area contributed by atoms with Gasteiger partial charge in [-0.3, -0.25) is 4.79 Å². The number of nitrogens with two attached hydrogens (primary N) is 1. The van der Waals surface area contributed by atoms with E-state index in [0.29, 0.717) is 18.1 Å². The fraction of sp³-hybridized carbons (Fsp3) is 0.583.